The molecule has 27 heavy (non-hydrogen) atoms. The van der Waals surface area contributed by atoms with Gasteiger partial charge in [-0.3, -0.25) is 9.59 Å². The molecule has 1 aliphatic heterocycles. The zero-order valence-corrected chi connectivity index (χ0v) is 16.7. The number of hydrogen-bond acceptors (Lipinski definition) is 4. The molecule has 0 aromatic heterocycles. The molecule has 2 amide bonds. The lowest BCUT2D eigenvalue weighted by Crippen LogP contribution is -2.37. The van der Waals surface area contributed by atoms with Gasteiger partial charge in [0.25, 0.3) is 5.91 Å². The van der Waals surface area contributed by atoms with E-state index in [1.54, 1.807) is 24.3 Å². The van der Waals surface area contributed by atoms with Crippen LogP contribution < -0.4 is 20.1 Å². The summed E-state index contributed by atoms with van der Waals surface area (Å²) in [6.07, 6.45) is 0.585. The van der Waals surface area contributed by atoms with Crippen LogP contribution in [-0.4, -0.2) is 38.1 Å². The Morgan fingerprint density at radius 1 is 1.11 bits per heavy atom. The number of carbonyl (C=O) groups excluding carboxylic acids is 2. The number of amides is 2. The zero-order valence-electron chi connectivity index (χ0n) is 14.4. The SMILES string of the molecule is O=C(CNC(=O)c1cccc(Br)c1)NCCc1cc(Cl)c2c(c1)OCCO2. The topological polar surface area (TPSA) is 76.7 Å². The monoisotopic (exact) mass is 452 g/mol. The highest BCUT2D eigenvalue weighted by molar-refractivity contribution is 9.10. The van der Waals surface area contributed by atoms with Gasteiger partial charge in [0.15, 0.2) is 11.5 Å². The lowest BCUT2D eigenvalue weighted by Gasteiger charge is -2.20. The first-order valence-electron chi connectivity index (χ1n) is 8.41. The summed E-state index contributed by atoms with van der Waals surface area (Å²) in [6.45, 7) is 1.30. The van der Waals surface area contributed by atoms with Crippen molar-refractivity contribution in [3.63, 3.8) is 0 Å². The molecule has 2 aromatic carbocycles. The maximum Gasteiger partial charge on any atom is 0.251 e. The van der Waals surface area contributed by atoms with Crippen LogP contribution in [0.3, 0.4) is 0 Å². The third-order valence-electron chi connectivity index (χ3n) is 3.89. The Hall–Kier alpha value is -2.25. The van der Waals surface area contributed by atoms with E-state index in [1.165, 1.54) is 0 Å². The first-order valence-corrected chi connectivity index (χ1v) is 9.58. The van der Waals surface area contributed by atoms with Crippen LogP contribution >= 0.6 is 27.5 Å². The molecule has 0 spiro atoms. The van der Waals surface area contributed by atoms with Crippen LogP contribution in [0, 0.1) is 0 Å². The van der Waals surface area contributed by atoms with Crippen LogP contribution in [0.2, 0.25) is 5.02 Å². The Morgan fingerprint density at radius 2 is 1.93 bits per heavy atom. The Kier molecular flexibility index (Phi) is 6.58. The molecule has 0 atom stereocenters. The number of ether oxygens (including phenoxy) is 2. The Morgan fingerprint density at radius 3 is 2.74 bits per heavy atom. The highest BCUT2D eigenvalue weighted by Crippen LogP contribution is 2.38. The van der Waals surface area contributed by atoms with Crippen molar-refractivity contribution in [1.29, 1.82) is 0 Å². The van der Waals surface area contributed by atoms with Crippen LogP contribution in [-0.2, 0) is 11.2 Å². The van der Waals surface area contributed by atoms with Gasteiger partial charge in [-0.05, 0) is 42.3 Å². The summed E-state index contributed by atoms with van der Waals surface area (Å²) in [5.41, 5.74) is 1.42. The summed E-state index contributed by atoms with van der Waals surface area (Å²) < 4.78 is 11.8. The maximum absolute atomic E-state index is 12.0. The molecule has 0 radical (unpaired) electrons. The summed E-state index contributed by atoms with van der Waals surface area (Å²) in [7, 11) is 0. The minimum atomic E-state index is -0.301. The lowest BCUT2D eigenvalue weighted by atomic mass is 10.1. The number of hydrogen-bond donors (Lipinski definition) is 2. The number of carbonyl (C=O) groups is 2. The van der Waals surface area contributed by atoms with Gasteiger partial charge in [-0.15, -0.1) is 0 Å². The van der Waals surface area contributed by atoms with Crippen molar-refractivity contribution >= 4 is 39.3 Å². The molecular weight excluding hydrogens is 436 g/mol. The maximum atomic E-state index is 12.0. The van der Waals surface area contributed by atoms with Gasteiger partial charge in [0.05, 0.1) is 11.6 Å². The zero-order chi connectivity index (χ0) is 19.2. The van der Waals surface area contributed by atoms with Gasteiger partial charge < -0.3 is 20.1 Å². The fraction of sp³-hybridized carbons (Fsp3) is 0.263. The van der Waals surface area contributed by atoms with Crippen molar-refractivity contribution in [3.8, 4) is 11.5 Å². The second-order valence-corrected chi connectivity index (χ2v) is 7.22. The highest BCUT2D eigenvalue weighted by Gasteiger charge is 2.16. The highest BCUT2D eigenvalue weighted by atomic mass is 79.9. The predicted molar refractivity (Wildman–Crippen MR) is 106 cm³/mol. The number of rotatable bonds is 6. The van der Waals surface area contributed by atoms with Gasteiger partial charge in [0, 0.05) is 16.6 Å². The number of nitrogens with one attached hydrogen (secondary N) is 2. The molecule has 0 fully saturated rings. The molecule has 6 nitrogen and oxygen atoms in total. The van der Waals surface area contributed by atoms with E-state index in [2.05, 4.69) is 26.6 Å². The van der Waals surface area contributed by atoms with Gasteiger partial charge >= 0.3 is 0 Å². The average Bonchev–Trinajstić information content (AvgIpc) is 2.66. The van der Waals surface area contributed by atoms with Gasteiger partial charge in [-0.1, -0.05) is 33.6 Å². The first-order chi connectivity index (χ1) is 13.0. The van der Waals surface area contributed by atoms with E-state index in [0.717, 1.165) is 10.0 Å². The van der Waals surface area contributed by atoms with Crippen molar-refractivity contribution in [2.24, 2.45) is 0 Å². The predicted octanol–water partition coefficient (Wildman–Crippen LogP) is 2.96. The van der Waals surface area contributed by atoms with Crippen molar-refractivity contribution < 1.29 is 19.1 Å². The molecule has 0 bridgehead atoms. The molecule has 142 valence electrons. The fourth-order valence-corrected chi connectivity index (χ4v) is 3.30. The first kappa shape index (κ1) is 19.5. The quantitative estimate of drug-likeness (QED) is 0.705. The molecule has 2 aromatic rings. The summed E-state index contributed by atoms with van der Waals surface area (Å²) >= 11 is 9.51. The van der Waals surface area contributed by atoms with Crippen LogP contribution in [0.5, 0.6) is 11.5 Å². The summed E-state index contributed by atoms with van der Waals surface area (Å²) in [4.78, 5) is 23.9. The fourth-order valence-electron chi connectivity index (χ4n) is 2.61. The molecule has 8 heteroatoms. The average molecular weight is 454 g/mol. The molecule has 1 heterocycles. The Bertz CT molecular complexity index is 860. The largest absolute Gasteiger partial charge is 0.486 e. The van der Waals surface area contributed by atoms with Crippen LogP contribution in [0.15, 0.2) is 40.9 Å². The molecule has 0 saturated heterocycles. The van der Waals surface area contributed by atoms with E-state index in [9.17, 15) is 9.59 Å². The van der Waals surface area contributed by atoms with Gasteiger partial charge in [-0.25, -0.2) is 0 Å². The summed E-state index contributed by atoms with van der Waals surface area (Å²) in [5.74, 6) is 0.620. The number of fused-ring (bicyclic) bond motifs is 1. The third kappa shape index (κ3) is 5.37. The molecule has 3 rings (SSSR count). The van der Waals surface area contributed by atoms with Crippen LogP contribution in [0.1, 0.15) is 15.9 Å². The van der Waals surface area contributed by atoms with E-state index >= 15 is 0 Å². The third-order valence-corrected chi connectivity index (χ3v) is 4.66. The Labute approximate surface area is 170 Å². The summed E-state index contributed by atoms with van der Waals surface area (Å²) in [5, 5.41) is 5.86. The molecule has 0 saturated carbocycles. The molecule has 0 aliphatic carbocycles. The Balaban J connectivity index is 1.44. The van der Waals surface area contributed by atoms with Gasteiger partial charge in [-0.2, -0.15) is 0 Å². The van der Waals surface area contributed by atoms with E-state index in [1.807, 2.05) is 12.1 Å². The van der Waals surface area contributed by atoms with Crippen molar-refractivity contribution in [2.75, 3.05) is 26.3 Å². The number of halogens is 2. The van der Waals surface area contributed by atoms with Crippen molar-refractivity contribution in [2.45, 2.75) is 6.42 Å². The lowest BCUT2D eigenvalue weighted by molar-refractivity contribution is -0.120. The molecule has 2 N–H and O–H groups in total. The molecule has 0 unspecified atom stereocenters. The second kappa shape index (κ2) is 9.10. The van der Waals surface area contributed by atoms with E-state index < -0.39 is 0 Å². The minimum Gasteiger partial charge on any atom is -0.486 e. The van der Waals surface area contributed by atoms with Crippen LogP contribution in [0.25, 0.3) is 0 Å². The van der Waals surface area contributed by atoms with E-state index in [-0.39, 0.29) is 18.4 Å². The molecular formula is C19H18BrClN2O4. The van der Waals surface area contributed by atoms with Gasteiger partial charge in [0.2, 0.25) is 5.91 Å². The smallest absolute Gasteiger partial charge is 0.251 e. The van der Waals surface area contributed by atoms with Gasteiger partial charge in [0.1, 0.15) is 13.2 Å². The normalized spacial score (nSPS) is 12.4. The van der Waals surface area contributed by atoms with Crippen LogP contribution in [0.4, 0.5) is 0 Å². The second-order valence-electron chi connectivity index (χ2n) is 5.89. The van der Waals surface area contributed by atoms with E-state index in [0.29, 0.717) is 48.3 Å². The van der Waals surface area contributed by atoms with Crippen molar-refractivity contribution in [3.05, 3.63) is 57.0 Å². The van der Waals surface area contributed by atoms with E-state index in [4.69, 9.17) is 21.1 Å². The number of benzene rings is 2. The van der Waals surface area contributed by atoms with Crippen molar-refractivity contribution in [1.82, 2.24) is 10.6 Å². The summed E-state index contributed by atoms with van der Waals surface area (Å²) in [6, 6.07) is 10.6. The standard InChI is InChI=1S/C19H18BrClN2O4/c20-14-3-1-2-13(10-14)19(25)23-11-17(24)22-5-4-12-8-15(21)18-16(9-12)26-6-7-27-18/h1-3,8-10H,4-7,11H2,(H,22,24)(H,23,25). The molecule has 1 aliphatic rings. The minimum absolute atomic E-state index is 0.0900.